The SMILES string of the molecule is N#Cc1ccc(Cl)cc1N1CCCC1C(N)=O. The molecule has 2 N–H and O–H groups in total. The van der Waals surface area contributed by atoms with Crippen LogP contribution in [0.15, 0.2) is 18.2 Å². The van der Waals surface area contributed by atoms with E-state index in [9.17, 15) is 4.79 Å². The Bertz CT molecular complexity index is 495. The summed E-state index contributed by atoms with van der Waals surface area (Å²) in [6.07, 6.45) is 1.62. The van der Waals surface area contributed by atoms with E-state index in [2.05, 4.69) is 6.07 Å². The van der Waals surface area contributed by atoms with E-state index in [4.69, 9.17) is 22.6 Å². The summed E-state index contributed by atoms with van der Waals surface area (Å²) in [6.45, 7) is 0.725. The Kier molecular flexibility index (Phi) is 3.21. The van der Waals surface area contributed by atoms with Crippen LogP contribution in [0.4, 0.5) is 5.69 Å². The zero-order valence-corrected chi connectivity index (χ0v) is 9.94. The summed E-state index contributed by atoms with van der Waals surface area (Å²) < 4.78 is 0. The van der Waals surface area contributed by atoms with E-state index in [0.717, 1.165) is 19.4 Å². The predicted molar refractivity (Wildman–Crippen MR) is 65.7 cm³/mol. The van der Waals surface area contributed by atoms with Crippen molar-refractivity contribution >= 4 is 23.2 Å². The number of carbonyl (C=O) groups is 1. The molecule has 0 bridgehead atoms. The van der Waals surface area contributed by atoms with Crippen molar-refractivity contribution < 1.29 is 4.79 Å². The lowest BCUT2D eigenvalue weighted by Crippen LogP contribution is -2.40. The smallest absolute Gasteiger partial charge is 0.240 e. The Hall–Kier alpha value is -1.73. The molecule has 2 rings (SSSR count). The first-order valence-corrected chi connectivity index (χ1v) is 5.77. The molecular weight excluding hydrogens is 238 g/mol. The average Bonchev–Trinajstić information content (AvgIpc) is 2.77. The van der Waals surface area contributed by atoms with Gasteiger partial charge >= 0.3 is 0 Å². The van der Waals surface area contributed by atoms with Crippen molar-refractivity contribution in [1.29, 1.82) is 5.26 Å². The van der Waals surface area contributed by atoms with E-state index in [1.54, 1.807) is 18.2 Å². The molecule has 1 amide bonds. The van der Waals surface area contributed by atoms with Crippen LogP contribution in [-0.4, -0.2) is 18.5 Å². The molecule has 0 saturated carbocycles. The first-order valence-electron chi connectivity index (χ1n) is 5.39. The van der Waals surface area contributed by atoms with Crippen LogP contribution in [0.3, 0.4) is 0 Å². The molecule has 5 heteroatoms. The minimum absolute atomic E-state index is 0.333. The zero-order valence-electron chi connectivity index (χ0n) is 9.19. The van der Waals surface area contributed by atoms with Gasteiger partial charge in [0, 0.05) is 11.6 Å². The molecule has 0 aromatic heterocycles. The number of hydrogen-bond donors (Lipinski definition) is 1. The first-order chi connectivity index (χ1) is 8.13. The second-order valence-electron chi connectivity index (χ2n) is 4.03. The van der Waals surface area contributed by atoms with Gasteiger partial charge in [-0.25, -0.2) is 0 Å². The summed E-state index contributed by atoms with van der Waals surface area (Å²) in [5, 5.41) is 9.61. The molecule has 1 unspecified atom stereocenters. The highest BCUT2D eigenvalue weighted by atomic mass is 35.5. The fourth-order valence-electron chi connectivity index (χ4n) is 2.19. The van der Waals surface area contributed by atoms with Gasteiger partial charge in [-0.05, 0) is 31.0 Å². The monoisotopic (exact) mass is 249 g/mol. The Morgan fingerprint density at radius 1 is 1.59 bits per heavy atom. The summed E-state index contributed by atoms with van der Waals surface area (Å²) in [6, 6.07) is 6.81. The summed E-state index contributed by atoms with van der Waals surface area (Å²) in [4.78, 5) is 13.2. The Labute approximate surface area is 105 Å². The number of anilines is 1. The lowest BCUT2D eigenvalue weighted by Gasteiger charge is -2.25. The van der Waals surface area contributed by atoms with E-state index in [1.165, 1.54) is 0 Å². The summed E-state index contributed by atoms with van der Waals surface area (Å²) >= 11 is 5.93. The maximum atomic E-state index is 11.3. The van der Waals surface area contributed by atoms with Gasteiger partial charge in [0.2, 0.25) is 5.91 Å². The van der Waals surface area contributed by atoms with Crippen LogP contribution in [0.1, 0.15) is 18.4 Å². The molecule has 1 aliphatic heterocycles. The van der Waals surface area contributed by atoms with Crippen molar-refractivity contribution in [2.45, 2.75) is 18.9 Å². The number of nitrogens with zero attached hydrogens (tertiary/aromatic N) is 2. The zero-order chi connectivity index (χ0) is 12.4. The van der Waals surface area contributed by atoms with Crippen LogP contribution in [0.25, 0.3) is 0 Å². The standard InChI is InChI=1S/C12H12ClN3O/c13-9-4-3-8(7-14)11(6-9)16-5-1-2-10(16)12(15)17/h3-4,6,10H,1-2,5H2,(H2,15,17). The number of hydrogen-bond acceptors (Lipinski definition) is 3. The second-order valence-corrected chi connectivity index (χ2v) is 4.46. The van der Waals surface area contributed by atoms with Gasteiger partial charge < -0.3 is 10.6 Å². The lowest BCUT2D eigenvalue weighted by molar-refractivity contribution is -0.119. The highest BCUT2D eigenvalue weighted by molar-refractivity contribution is 6.30. The van der Waals surface area contributed by atoms with Gasteiger partial charge in [-0.15, -0.1) is 0 Å². The highest BCUT2D eigenvalue weighted by Gasteiger charge is 2.30. The molecule has 1 aromatic carbocycles. The molecule has 1 atom stereocenters. The van der Waals surface area contributed by atoms with Crippen molar-refractivity contribution in [3.8, 4) is 6.07 Å². The number of rotatable bonds is 2. The van der Waals surface area contributed by atoms with Crippen molar-refractivity contribution in [1.82, 2.24) is 0 Å². The van der Waals surface area contributed by atoms with Crippen LogP contribution in [0.2, 0.25) is 5.02 Å². The van der Waals surface area contributed by atoms with E-state index in [1.807, 2.05) is 4.90 Å². The number of halogens is 1. The van der Waals surface area contributed by atoms with E-state index >= 15 is 0 Å². The number of nitrogens with two attached hydrogens (primary N) is 1. The maximum absolute atomic E-state index is 11.3. The molecule has 1 aliphatic rings. The molecule has 0 radical (unpaired) electrons. The molecular formula is C12H12ClN3O. The van der Waals surface area contributed by atoms with Gasteiger partial charge in [-0.1, -0.05) is 11.6 Å². The van der Waals surface area contributed by atoms with Crippen LogP contribution in [0, 0.1) is 11.3 Å². The van der Waals surface area contributed by atoms with Gasteiger partial charge in [0.05, 0.1) is 11.3 Å². The molecule has 17 heavy (non-hydrogen) atoms. The number of amides is 1. The number of nitriles is 1. The molecule has 1 aromatic rings. The average molecular weight is 250 g/mol. The van der Waals surface area contributed by atoms with Gasteiger partial charge in [-0.3, -0.25) is 4.79 Å². The van der Waals surface area contributed by atoms with E-state index in [-0.39, 0.29) is 11.9 Å². The topological polar surface area (TPSA) is 70.1 Å². The van der Waals surface area contributed by atoms with Crippen molar-refractivity contribution in [3.05, 3.63) is 28.8 Å². The van der Waals surface area contributed by atoms with Gasteiger partial charge in [0.25, 0.3) is 0 Å². The van der Waals surface area contributed by atoms with Crippen LogP contribution in [0.5, 0.6) is 0 Å². The van der Waals surface area contributed by atoms with Crippen LogP contribution in [-0.2, 0) is 4.79 Å². The minimum atomic E-state index is -0.355. The summed E-state index contributed by atoms with van der Waals surface area (Å²) in [7, 11) is 0. The lowest BCUT2D eigenvalue weighted by atomic mass is 10.1. The maximum Gasteiger partial charge on any atom is 0.240 e. The Morgan fingerprint density at radius 2 is 2.35 bits per heavy atom. The molecule has 88 valence electrons. The molecule has 1 fully saturated rings. The van der Waals surface area contributed by atoms with E-state index < -0.39 is 0 Å². The molecule has 0 spiro atoms. The Balaban J connectivity index is 2.42. The third kappa shape index (κ3) is 2.20. The summed E-state index contributed by atoms with van der Waals surface area (Å²) in [5.74, 6) is -0.355. The normalized spacial score (nSPS) is 19.1. The number of benzene rings is 1. The van der Waals surface area contributed by atoms with Crippen molar-refractivity contribution in [2.24, 2.45) is 5.73 Å². The largest absolute Gasteiger partial charge is 0.368 e. The third-order valence-electron chi connectivity index (χ3n) is 2.97. The fourth-order valence-corrected chi connectivity index (χ4v) is 2.35. The minimum Gasteiger partial charge on any atom is -0.368 e. The third-order valence-corrected chi connectivity index (χ3v) is 3.21. The molecule has 1 saturated heterocycles. The second kappa shape index (κ2) is 4.64. The highest BCUT2D eigenvalue weighted by Crippen LogP contribution is 2.30. The van der Waals surface area contributed by atoms with Crippen LogP contribution < -0.4 is 10.6 Å². The van der Waals surface area contributed by atoms with Gasteiger partial charge in [0.15, 0.2) is 0 Å². The molecule has 0 aliphatic carbocycles. The molecule has 4 nitrogen and oxygen atoms in total. The Morgan fingerprint density at radius 3 is 3.00 bits per heavy atom. The predicted octanol–water partition coefficient (Wildman–Crippen LogP) is 1.67. The van der Waals surface area contributed by atoms with Gasteiger partial charge in [-0.2, -0.15) is 5.26 Å². The van der Waals surface area contributed by atoms with Crippen molar-refractivity contribution in [2.75, 3.05) is 11.4 Å². The van der Waals surface area contributed by atoms with E-state index in [0.29, 0.717) is 16.3 Å². The summed E-state index contributed by atoms with van der Waals surface area (Å²) in [5.41, 5.74) is 6.57. The van der Waals surface area contributed by atoms with Gasteiger partial charge in [0.1, 0.15) is 12.1 Å². The molecule has 1 heterocycles. The number of primary amides is 1. The van der Waals surface area contributed by atoms with Crippen molar-refractivity contribution in [3.63, 3.8) is 0 Å². The number of carbonyl (C=O) groups excluding carboxylic acids is 1. The van der Waals surface area contributed by atoms with Crippen LogP contribution >= 0.6 is 11.6 Å². The fraction of sp³-hybridized carbons (Fsp3) is 0.333. The first kappa shape index (κ1) is 11.7. The quantitative estimate of drug-likeness (QED) is 0.867.